The minimum Gasteiger partial charge on any atom is -0.454 e. The van der Waals surface area contributed by atoms with Crippen LogP contribution in [0.25, 0.3) is 0 Å². The number of nitrogens with zero attached hydrogens (tertiary/aromatic N) is 1. The standard InChI is InChI=1S/C15H16N2O4/c1-15(2,8-16-14(18)11-5-6-21-17-11)10-3-4-12-13(7-10)20-9-19-12/h3-7H,8-9H2,1-2H3,(H,16,18). The topological polar surface area (TPSA) is 73.6 Å². The fourth-order valence-electron chi connectivity index (χ4n) is 2.14. The molecule has 0 radical (unpaired) electrons. The zero-order valence-electron chi connectivity index (χ0n) is 11.9. The van der Waals surface area contributed by atoms with Crippen molar-refractivity contribution in [3.05, 3.63) is 41.8 Å². The van der Waals surface area contributed by atoms with Gasteiger partial charge >= 0.3 is 0 Å². The van der Waals surface area contributed by atoms with Crippen molar-refractivity contribution in [2.24, 2.45) is 0 Å². The van der Waals surface area contributed by atoms with Gasteiger partial charge in [-0.1, -0.05) is 25.1 Å². The van der Waals surface area contributed by atoms with Crippen LogP contribution in [-0.2, 0) is 5.41 Å². The van der Waals surface area contributed by atoms with Gasteiger partial charge < -0.3 is 19.3 Å². The van der Waals surface area contributed by atoms with Crippen LogP contribution < -0.4 is 14.8 Å². The summed E-state index contributed by atoms with van der Waals surface area (Å²) in [7, 11) is 0. The SMILES string of the molecule is CC(C)(CNC(=O)c1ccon1)c1ccc2c(c1)OCO2. The van der Waals surface area contributed by atoms with Gasteiger partial charge in [0.1, 0.15) is 6.26 Å². The number of fused-ring (bicyclic) bond motifs is 1. The fourth-order valence-corrected chi connectivity index (χ4v) is 2.14. The highest BCUT2D eigenvalue weighted by Crippen LogP contribution is 2.36. The number of amides is 1. The fraction of sp³-hybridized carbons (Fsp3) is 0.333. The molecule has 1 N–H and O–H groups in total. The average molecular weight is 288 g/mol. The monoisotopic (exact) mass is 288 g/mol. The third kappa shape index (κ3) is 2.69. The molecule has 21 heavy (non-hydrogen) atoms. The lowest BCUT2D eigenvalue weighted by molar-refractivity contribution is 0.0936. The minimum absolute atomic E-state index is 0.250. The molecule has 1 aromatic carbocycles. The van der Waals surface area contributed by atoms with Crippen molar-refractivity contribution in [1.29, 1.82) is 0 Å². The number of hydrogen-bond acceptors (Lipinski definition) is 5. The van der Waals surface area contributed by atoms with Crippen LogP contribution in [0.4, 0.5) is 0 Å². The van der Waals surface area contributed by atoms with Crippen molar-refractivity contribution in [2.75, 3.05) is 13.3 Å². The number of nitrogens with one attached hydrogen (secondary N) is 1. The van der Waals surface area contributed by atoms with E-state index in [-0.39, 0.29) is 23.8 Å². The van der Waals surface area contributed by atoms with Crippen LogP contribution in [-0.4, -0.2) is 24.4 Å². The van der Waals surface area contributed by atoms with Crippen LogP contribution in [0.3, 0.4) is 0 Å². The molecule has 1 amide bonds. The summed E-state index contributed by atoms with van der Waals surface area (Å²) in [6, 6.07) is 7.35. The number of hydrogen-bond donors (Lipinski definition) is 1. The minimum atomic E-state index is -0.252. The highest BCUT2D eigenvalue weighted by molar-refractivity contribution is 5.92. The Morgan fingerprint density at radius 3 is 2.86 bits per heavy atom. The molecule has 2 heterocycles. The summed E-state index contributed by atoms with van der Waals surface area (Å²) in [5.74, 6) is 1.24. The number of benzene rings is 1. The zero-order valence-corrected chi connectivity index (χ0v) is 11.9. The van der Waals surface area contributed by atoms with Gasteiger partial charge in [0, 0.05) is 18.0 Å². The molecule has 1 aliphatic heterocycles. The Morgan fingerprint density at radius 2 is 2.10 bits per heavy atom. The molecule has 0 aliphatic carbocycles. The molecule has 1 aliphatic rings. The van der Waals surface area contributed by atoms with Crippen LogP contribution in [0.1, 0.15) is 29.9 Å². The number of ether oxygens (including phenoxy) is 2. The summed E-state index contributed by atoms with van der Waals surface area (Å²) in [5.41, 5.74) is 1.09. The zero-order chi connectivity index (χ0) is 14.9. The molecule has 110 valence electrons. The molecule has 0 bridgehead atoms. The van der Waals surface area contributed by atoms with Gasteiger partial charge in [0.25, 0.3) is 5.91 Å². The number of aromatic nitrogens is 1. The van der Waals surface area contributed by atoms with Gasteiger partial charge in [-0.15, -0.1) is 0 Å². The molecule has 0 saturated carbocycles. The van der Waals surface area contributed by atoms with Crippen LogP contribution in [0, 0.1) is 0 Å². The van der Waals surface area contributed by atoms with Crippen LogP contribution in [0.5, 0.6) is 11.5 Å². The Labute approximate surface area is 122 Å². The lowest BCUT2D eigenvalue weighted by Gasteiger charge is -2.25. The summed E-state index contributed by atoms with van der Waals surface area (Å²) in [6.07, 6.45) is 1.37. The van der Waals surface area contributed by atoms with Crippen LogP contribution >= 0.6 is 0 Å². The maximum absolute atomic E-state index is 11.9. The first-order valence-corrected chi connectivity index (χ1v) is 6.65. The first kappa shape index (κ1) is 13.5. The van der Waals surface area contributed by atoms with E-state index in [1.807, 2.05) is 32.0 Å². The normalized spacial score (nSPS) is 13.2. The maximum Gasteiger partial charge on any atom is 0.273 e. The first-order valence-electron chi connectivity index (χ1n) is 6.65. The molecule has 0 atom stereocenters. The molecule has 6 nitrogen and oxygen atoms in total. The number of carbonyl (C=O) groups excluding carboxylic acids is 1. The second-order valence-electron chi connectivity index (χ2n) is 5.52. The molecule has 1 aromatic heterocycles. The maximum atomic E-state index is 11.9. The van der Waals surface area contributed by atoms with Gasteiger partial charge in [0.05, 0.1) is 0 Å². The van der Waals surface area contributed by atoms with E-state index in [2.05, 4.69) is 15.0 Å². The summed E-state index contributed by atoms with van der Waals surface area (Å²) in [5, 5.41) is 6.47. The van der Waals surface area contributed by atoms with Gasteiger partial charge in [0.2, 0.25) is 6.79 Å². The Morgan fingerprint density at radius 1 is 1.29 bits per heavy atom. The van der Waals surface area contributed by atoms with Gasteiger partial charge in [-0.05, 0) is 17.7 Å². The van der Waals surface area contributed by atoms with Crippen molar-refractivity contribution in [3.63, 3.8) is 0 Å². The predicted molar refractivity (Wildman–Crippen MR) is 74.4 cm³/mol. The molecule has 6 heteroatoms. The van der Waals surface area contributed by atoms with E-state index >= 15 is 0 Å². The van der Waals surface area contributed by atoms with Crippen molar-refractivity contribution in [1.82, 2.24) is 10.5 Å². The molecule has 0 fully saturated rings. The molecular formula is C15H16N2O4. The largest absolute Gasteiger partial charge is 0.454 e. The Bertz CT molecular complexity index is 650. The summed E-state index contributed by atoms with van der Waals surface area (Å²) in [4.78, 5) is 11.9. The van der Waals surface area contributed by atoms with E-state index in [4.69, 9.17) is 9.47 Å². The lowest BCUT2D eigenvalue weighted by atomic mass is 9.84. The highest BCUT2D eigenvalue weighted by atomic mass is 16.7. The Balaban J connectivity index is 1.70. The van der Waals surface area contributed by atoms with Crippen LogP contribution in [0.2, 0.25) is 0 Å². The van der Waals surface area contributed by atoms with Gasteiger partial charge in [-0.25, -0.2) is 0 Å². The van der Waals surface area contributed by atoms with Crippen molar-refractivity contribution in [2.45, 2.75) is 19.3 Å². The van der Waals surface area contributed by atoms with E-state index in [1.165, 1.54) is 12.3 Å². The third-order valence-corrected chi connectivity index (χ3v) is 3.52. The van der Waals surface area contributed by atoms with Crippen LogP contribution in [0.15, 0.2) is 35.1 Å². The Hall–Kier alpha value is -2.50. The second kappa shape index (κ2) is 5.12. The average Bonchev–Trinajstić information content (AvgIpc) is 3.14. The quantitative estimate of drug-likeness (QED) is 0.932. The van der Waals surface area contributed by atoms with E-state index in [9.17, 15) is 4.79 Å². The highest BCUT2D eigenvalue weighted by Gasteiger charge is 2.25. The molecule has 3 rings (SSSR count). The molecule has 2 aromatic rings. The van der Waals surface area contributed by atoms with E-state index in [1.54, 1.807) is 0 Å². The van der Waals surface area contributed by atoms with Crippen molar-refractivity contribution in [3.8, 4) is 11.5 Å². The Kier molecular flexibility index (Phi) is 3.29. The smallest absolute Gasteiger partial charge is 0.273 e. The summed E-state index contributed by atoms with van der Waals surface area (Å²) >= 11 is 0. The number of carbonyl (C=O) groups is 1. The number of rotatable bonds is 4. The summed E-state index contributed by atoms with van der Waals surface area (Å²) in [6.45, 7) is 4.82. The van der Waals surface area contributed by atoms with Crippen molar-refractivity contribution < 1.29 is 18.8 Å². The molecule has 0 saturated heterocycles. The van der Waals surface area contributed by atoms with E-state index in [0.29, 0.717) is 6.54 Å². The lowest BCUT2D eigenvalue weighted by Crippen LogP contribution is -2.36. The molecule has 0 spiro atoms. The molecule has 0 unspecified atom stereocenters. The summed E-state index contributed by atoms with van der Waals surface area (Å²) < 4.78 is 15.4. The van der Waals surface area contributed by atoms with E-state index in [0.717, 1.165) is 17.1 Å². The third-order valence-electron chi connectivity index (χ3n) is 3.52. The molecular weight excluding hydrogens is 272 g/mol. The van der Waals surface area contributed by atoms with Gasteiger partial charge in [0.15, 0.2) is 17.2 Å². The van der Waals surface area contributed by atoms with Gasteiger partial charge in [-0.2, -0.15) is 0 Å². The van der Waals surface area contributed by atoms with Crippen molar-refractivity contribution >= 4 is 5.91 Å². The first-order chi connectivity index (χ1) is 10.1. The predicted octanol–water partition coefficient (Wildman–Crippen LogP) is 2.11. The second-order valence-corrected chi connectivity index (χ2v) is 5.52. The van der Waals surface area contributed by atoms with E-state index < -0.39 is 0 Å². The van der Waals surface area contributed by atoms with Gasteiger partial charge in [-0.3, -0.25) is 4.79 Å².